The first-order valence-electron chi connectivity index (χ1n) is 5.77. The molecule has 6 heteroatoms. The SMILES string of the molecule is CN(C)CCCN1CC(CC(=O)O)COC1=O. The highest BCUT2D eigenvalue weighted by Crippen LogP contribution is 2.14. The summed E-state index contributed by atoms with van der Waals surface area (Å²) in [5.74, 6) is -0.939. The average Bonchev–Trinajstić information content (AvgIpc) is 2.21. The number of hydrogen-bond donors (Lipinski definition) is 1. The number of ether oxygens (including phenoxy) is 1. The highest BCUT2D eigenvalue weighted by molar-refractivity contribution is 5.70. The lowest BCUT2D eigenvalue weighted by Crippen LogP contribution is -2.44. The number of carboxylic acid groups (broad SMARTS) is 1. The molecule has 0 radical (unpaired) electrons. The van der Waals surface area contributed by atoms with Crippen molar-refractivity contribution in [3.8, 4) is 0 Å². The van der Waals surface area contributed by atoms with E-state index in [0.29, 0.717) is 13.1 Å². The van der Waals surface area contributed by atoms with Crippen LogP contribution in [0.3, 0.4) is 0 Å². The zero-order valence-corrected chi connectivity index (χ0v) is 10.4. The highest BCUT2D eigenvalue weighted by Gasteiger charge is 2.28. The maximum Gasteiger partial charge on any atom is 0.409 e. The molecule has 0 spiro atoms. The number of carbonyl (C=O) groups is 2. The summed E-state index contributed by atoms with van der Waals surface area (Å²) in [6.07, 6.45) is 0.588. The number of amides is 1. The molecule has 1 unspecified atom stereocenters. The summed E-state index contributed by atoms with van der Waals surface area (Å²) in [4.78, 5) is 25.7. The third-order valence-electron chi connectivity index (χ3n) is 2.68. The van der Waals surface area contributed by atoms with E-state index in [0.717, 1.165) is 13.0 Å². The van der Waals surface area contributed by atoms with Gasteiger partial charge in [-0.15, -0.1) is 0 Å². The fourth-order valence-electron chi connectivity index (χ4n) is 1.85. The van der Waals surface area contributed by atoms with Crippen molar-refractivity contribution in [1.29, 1.82) is 0 Å². The van der Waals surface area contributed by atoms with Crippen LogP contribution in [-0.4, -0.2) is 67.3 Å². The van der Waals surface area contributed by atoms with Crippen molar-refractivity contribution in [2.45, 2.75) is 12.8 Å². The predicted octanol–water partition coefficient (Wildman–Crippen LogP) is 0.481. The third-order valence-corrected chi connectivity index (χ3v) is 2.68. The lowest BCUT2D eigenvalue weighted by molar-refractivity contribution is -0.139. The average molecular weight is 244 g/mol. The van der Waals surface area contributed by atoms with E-state index in [9.17, 15) is 9.59 Å². The van der Waals surface area contributed by atoms with Gasteiger partial charge in [-0.3, -0.25) is 4.79 Å². The van der Waals surface area contributed by atoms with Gasteiger partial charge in [0.1, 0.15) is 0 Å². The van der Waals surface area contributed by atoms with E-state index in [1.165, 1.54) is 0 Å². The van der Waals surface area contributed by atoms with Gasteiger partial charge in [0, 0.05) is 19.0 Å². The zero-order chi connectivity index (χ0) is 12.8. The molecule has 0 bridgehead atoms. The molecule has 1 heterocycles. The molecule has 17 heavy (non-hydrogen) atoms. The summed E-state index contributed by atoms with van der Waals surface area (Å²) < 4.78 is 4.97. The summed E-state index contributed by atoms with van der Waals surface area (Å²) in [6.45, 7) is 2.22. The molecule has 98 valence electrons. The number of nitrogens with zero attached hydrogens (tertiary/aromatic N) is 2. The van der Waals surface area contributed by atoms with Gasteiger partial charge < -0.3 is 19.6 Å². The largest absolute Gasteiger partial charge is 0.481 e. The van der Waals surface area contributed by atoms with Crippen LogP contribution >= 0.6 is 0 Å². The van der Waals surface area contributed by atoms with E-state index in [-0.39, 0.29) is 25.0 Å². The molecule has 1 saturated heterocycles. The molecule has 1 N–H and O–H groups in total. The Morgan fingerprint density at radius 1 is 1.59 bits per heavy atom. The molecule has 1 fully saturated rings. The van der Waals surface area contributed by atoms with Gasteiger partial charge in [-0.25, -0.2) is 4.79 Å². The molecule has 0 aromatic heterocycles. The smallest absolute Gasteiger partial charge is 0.409 e. The van der Waals surface area contributed by atoms with Gasteiger partial charge in [-0.05, 0) is 27.1 Å². The van der Waals surface area contributed by atoms with Crippen LogP contribution in [0.25, 0.3) is 0 Å². The van der Waals surface area contributed by atoms with Crippen LogP contribution in [0.1, 0.15) is 12.8 Å². The van der Waals surface area contributed by atoms with E-state index in [4.69, 9.17) is 9.84 Å². The van der Waals surface area contributed by atoms with Crippen molar-refractivity contribution in [1.82, 2.24) is 9.80 Å². The van der Waals surface area contributed by atoms with Crippen LogP contribution in [0.5, 0.6) is 0 Å². The summed E-state index contributed by atoms with van der Waals surface area (Å²) in [7, 11) is 3.95. The van der Waals surface area contributed by atoms with Gasteiger partial charge in [0.2, 0.25) is 0 Å². The van der Waals surface area contributed by atoms with Crippen molar-refractivity contribution in [3.63, 3.8) is 0 Å². The summed E-state index contributed by atoms with van der Waals surface area (Å²) >= 11 is 0. The minimum absolute atomic E-state index is 0.0530. The Bertz CT molecular complexity index is 281. The number of carboxylic acids is 1. The van der Waals surface area contributed by atoms with Crippen molar-refractivity contribution in [3.05, 3.63) is 0 Å². The lowest BCUT2D eigenvalue weighted by atomic mass is 10.1. The molecular formula is C11H20N2O4. The summed E-state index contributed by atoms with van der Waals surface area (Å²) in [6, 6.07) is 0. The van der Waals surface area contributed by atoms with Crippen molar-refractivity contribution in [2.24, 2.45) is 5.92 Å². The van der Waals surface area contributed by atoms with E-state index >= 15 is 0 Å². The van der Waals surface area contributed by atoms with Gasteiger partial charge in [0.25, 0.3) is 0 Å². The van der Waals surface area contributed by atoms with E-state index < -0.39 is 5.97 Å². The Labute approximate surface area is 101 Å². The fraction of sp³-hybridized carbons (Fsp3) is 0.818. The molecule has 0 saturated carbocycles. The van der Waals surface area contributed by atoms with Gasteiger partial charge in [0.05, 0.1) is 13.0 Å². The summed E-state index contributed by atoms with van der Waals surface area (Å²) in [5.41, 5.74) is 0. The van der Waals surface area contributed by atoms with Crippen LogP contribution in [0, 0.1) is 5.92 Å². The molecule has 0 aliphatic carbocycles. The van der Waals surface area contributed by atoms with Gasteiger partial charge in [0.15, 0.2) is 0 Å². The molecular weight excluding hydrogens is 224 g/mol. The topological polar surface area (TPSA) is 70.1 Å². The minimum Gasteiger partial charge on any atom is -0.481 e. The maximum absolute atomic E-state index is 11.4. The van der Waals surface area contributed by atoms with Gasteiger partial charge in [-0.2, -0.15) is 0 Å². The van der Waals surface area contributed by atoms with Gasteiger partial charge in [-0.1, -0.05) is 0 Å². The Balaban J connectivity index is 2.35. The quantitative estimate of drug-likeness (QED) is 0.736. The second kappa shape index (κ2) is 6.44. The van der Waals surface area contributed by atoms with Crippen LogP contribution in [0.4, 0.5) is 4.79 Å². The molecule has 6 nitrogen and oxygen atoms in total. The van der Waals surface area contributed by atoms with E-state index in [2.05, 4.69) is 0 Å². The monoisotopic (exact) mass is 244 g/mol. The van der Waals surface area contributed by atoms with Crippen LogP contribution < -0.4 is 0 Å². The molecule has 0 aromatic carbocycles. The molecule has 1 aliphatic rings. The Hall–Kier alpha value is -1.30. The second-order valence-corrected chi connectivity index (χ2v) is 4.64. The number of cyclic esters (lactones) is 1. The van der Waals surface area contributed by atoms with Gasteiger partial charge >= 0.3 is 12.1 Å². The summed E-state index contributed by atoms with van der Waals surface area (Å²) in [5, 5.41) is 8.70. The lowest BCUT2D eigenvalue weighted by Gasteiger charge is -2.31. The molecule has 1 amide bonds. The van der Waals surface area contributed by atoms with E-state index in [1.807, 2.05) is 19.0 Å². The first-order chi connectivity index (χ1) is 7.99. The van der Waals surface area contributed by atoms with Crippen molar-refractivity contribution >= 4 is 12.1 Å². The van der Waals surface area contributed by atoms with Crippen molar-refractivity contribution in [2.75, 3.05) is 40.3 Å². The Morgan fingerprint density at radius 2 is 2.29 bits per heavy atom. The van der Waals surface area contributed by atoms with Crippen LogP contribution in [-0.2, 0) is 9.53 Å². The number of aliphatic carboxylic acids is 1. The number of hydrogen-bond acceptors (Lipinski definition) is 4. The predicted molar refractivity (Wildman–Crippen MR) is 61.8 cm³/mol. The zero-order valence-electron chi connectivity index (χ0n) is 10.4. The maximum atomic E-state index is 11.4. The second-order valence-electron chi connectivity index (χ2n) is 4.64. The van der Waals surface area contributed by atoms with Crippen LogP contribution in [0.2, 0.25) is 0 Å². The fourth-order valence-corrected chi connectivity index (χ4v) is 1.85. The Kier molecular flexibility index (Phi) is 5.21. The number of carbonyl (C=O) groups excluding carboxylic acids is 1. The van der Waals surface area contributed by atoms with E-state index in [1.54, 1.807) is 4.90 Å². The molecule has 1 aliphatic heterocycles. The van der Waals surface area contributed by atoms with Crippen LogP contribution in [0.15, 0.2) is 0 Å². The standard InChI is InChI=1S/C11H20N2O4/c1-12(2)4-3-5-13-7-9(6-10(14)15)8-17-11(13)16/h9H,3-8H2,1-2H3,(H,14,15). The highest BCUT2D eigenvalue weighted by atomic mass is 16.6. The minimum atomic E-state index is -0.846. The number of rotatable bonds is 6. The molecule has 1 atom stereocenters. The third kappa shape index (κ3) is 5.04. The first kappa shape index (κ1) is 13.8. The molecule has 1 rings (SSSR count). The van der Waals surface area contributed by atoms with Crippen molar-refractivity contribution < 1.29 is 19.4 Å². The normalized spacial score (nSPS) is 20.5. The first-order valence-corrected chi connectivity index (χ1v) is 5.77. The Morgan fingerprint density at radius 3 is 2.88 bits per heavy atom. The molecule has 0 aromatic rings.